The first kappa shape index (κ1) is 13.5. The third-order valence-electron chi connectivity index (χ3n) is 2.18. The largest absolute Gasteiger partial charge is 0.496 e. The van der Waals surface area contributed by atoms with E-state index in [4.69, 9.17) is 27.9 Å². The van der Waals surface area contributed by atoms with Crippen molar-refractivity contribution in [2.24, 2.45) is 0 Å². The molecule has 0 radical (unpaired) electrons. The molecule has 0 saturated heterocycles. The van der Waals surface area contributed by atoms with Crippen molar-refractivity contribution in [3.8, 4) is 5.75 Å². The molecule has 0 N–H and O–H groups in total. The fraction of sp³-hybridized carbons (Fsp3) is 0.167. The molecule has 94 valence electrons. The Balaban J connectivity index is 2.40. The highest BCUT2D eigenvalue weighted by Gasteiger charge is 2.13. The van der Waals surface area contributed by atoms with Gasteiger partial charge >= 0.3 is 0 Å². The van der Waals surface area contributed by atoms with Crippen LogP contribution in [0.3, 0.4) is 0 Å². The first-order valence-electron chi connectivity index (χ1n) is 5.12. The average molecular weight is 301 g/mol. The summed E-state index contributed by atoms with van der Waals surface area (Å²) in [4.78, 5) is 9.73. The van der Waals surface area contributed by atoms with Gasteiger partial charge in [0.1, 0.15) is 21.9 Å². The van der Waals surface area contributed by atoms with Crippen LogP contribution < -0.4 is 4.74 Å². The summed E-state index contributed by atoms with van der Waals surface area (Å²) in [6.07, 6.45) is 0. The van der Waals surface area contributed by atoms with E-state index in [1.807, 2.05) is 24.3 Å². The third kappa shape index (κ3) is 2.88. The molecule has 3 nitrogen and oxygen atoms in total. The van der Waals surface area contributed by atoms with Gasteiger partial charge in [-0.25, -0.2) is 9.97 Å². The van der Waals surface area contributed by atoms with E-state index in [0.717, 1.165) is 10.6 Å². The normalized spacial score (nSPS) is 10.4. The summed E-state index contributed by atoms with van der Waals surface area (Å²) < 4.78 is 5.27. The minimum absolute atomic E-state index is 0.350. The molecule has 1 heterocycles. The van der Waals surface area contributed by atoms with Gasteiger partial charge < -0.3 is 4.74 Å². The zero-order valence-electron chi connectivity index (χ0n) is 9.78. The number of aryl methyl sites for hydroxylation is 1. The molecular formula is C12H10Cl2N2OS. The zero-order valence-corrected chi connectivity index (χ0v) is 12.1. The van der Waals surface area contributed by atoms with Gasteiger partial charge in [0.05, 0.1) is 16.9 Å². The summed E-state index contributed by atoms with van der Waals surface area (Å²) in [5.41, 5.74) is 0. The lowest BCUT2D eigenvalue weighted by atomic mass is 10.3. The van der Waals surface area contributed by atoms with Crippen LogP contribution in [-0.4, -0.2) is 17.1 Å². The molecule has 18 heavy (non-hydrogen) atoms. The number of benzene rings is 1. The highest BCUT2D eigenvalue weighted by Crippen LogP contribution is 2.40. The molecule has 0 aliphatic heterocycles. The van der Waals surface area contributed by atoms with Crippen LogP contribution in [0.1, 0.15) is 5.82 Å². The highest BCUT2D eigenvalue weighted by atomic mass is 35.5. The molecule has 2 rings (SSSR count). The minimum atomic E-state index is 0.350. The first-order chi connectivity index (χ1) is 8.61. The molecule has 0 bridgehead atoms. The van der Waals surface area contributed by atoms with Gasteiger partial charge in [-0.1, -0.05) is 47.1 Å². The first-order valence-corrected chi connectivity index (χ1v) is 6.69. The quantitative estimate of drug-likeness (QED) is 0.794. The third-order valence-corrected chi connectivity index (χ3v) is 4.09. The summed E-state index contributed by atoms with van der Waals surface area (Å²) in [7, 11) is 1.62. The molecule has 6 heteroatoms. The summed E-state index contributed by atoms with van der Waals surface area (Å²) in [5, 5.41) is 0.701. The molecular weight excluding hydrogens is 291 g/mol. The van der Waals surface area contributed by atoms with E-state index < -0.39 is 0 Å². The fourth-order valence-electron chi connectivity index (χ4n) is 1.39. The Kier molecular flexibility index (Phi) is 4.32. The van der Waals surface area contributed by atoms with Gasteiger partial charge in [-0.15, -0.1) is 0 Å². The second-order valence-electron chi connectivity index (χ2n) is 3.43. The number of methoxy groups -OCH3 is 1. The van der Waals surface area contributed by atoms with Crippen LogP contribution in [0.4, 0.5) is 0 Å². The maximum Gasteiger partial charge on any atom is 0.148 e. The van der Waals surface area contributed by atoms with Gasteiger partial charge in [-0.2, -0.15) is 0 Å². The molecule has 1 aromatic carbocycles. The van der Waals surface area contributed by atoms with Crippen LogP contribution in [0.5, 0.6) is 5.75 Å². The fourth-order valence-corrected chi connectivity index (χ4v) is 2.97. The van der Waals surface area contributed by atoms with Crippen molar-refractivity contribution in [2.45, 2.75) is 16.7 Å². The van der Waals surface area contributed by atoms with E-state index in [2.05, 4.69) is 9.97 Å². The number of ether oxygens (including phenoxy) is 1. The smallest absolute Gasteiger partial charge is 0.148 e. The Morgan fingerprint density at radius 3 is 2.33 bits per heavy atom. The maximum atomic E-state index is 6.08. The van der Waals surface area contributed by atoms with E-state index in [1.165, 1.54) is 11.8 Å². The van der Waals surface area contributed by atoms with Crippen LogP contribution in [0, 0.1) is 6.92 Å². The van der Waals surface area contributed by atoms with E-state index in [9.17, 15) is 0 Å². The van der Waals surface area contributed by atoms with E-state index in [0.29, 0.717) is 21.0 Å². The van der Waals surface area contributed by atoms with Gasteiger partial charge in [0, 0.05) is 0 Å². The molecule has 0 fully saturated rings. The average Bonchev–Trinajstić information content (AvgIpc) is 2.34. The van der Waals surface area contributed by atoms with Gasteiger partial charge in [-0.05, 0) is 19.1 Å². The van der Waals surface area contributed by atoms with Gasteiger partial charge in [0.2, 0.25) is 0 Å². The second kappa shape index (κ2) is 5.78. The molecule has 0 aliphatic rings. The lowest BCUT2D eigenvalue weighted by Gasteiger charge is -2.09. The number of para-hydroxylation sites is 1. The standard InChI is InChI=1S/C12H10Cl2N2OS/c1-7-15-11(13)10(12(14)16-7)18-9-6-4-3-5-8(9)17-2/h3-6H,1-2H3. The predicted octanol–water partition coefficient (Wildman–Crippen LogP) is 4.25. The Morgan fingerprint density at radius 2 is 1.72 bits per heavy atom. The van der Waals surface area contributed by atoms with Crippen LogP contribution in [-0.2, 0) is 0 Å². The van der Waals surface area contributed by atoms with E-state index in [1.54, 1.807) is 14.0 Å². The molecule has 1 aromatic heterocycles. The van der Waals surface area contributed by atoms with Gasteiger partial charge in [-0.3, -0.25) is 0 Å². The van der Waals surface area contributed by atoms with E-state index in [-0.39, 0.29) is 0 Å². The van der Waals surface area contributed by atoms with Crippen LogP contribution in [0.25, 0.3) is 0 Å². The Hall–Kier alpha value is -0.970. The number of nitrogens with zero attached hydrogens (tertiary/aromatic N) is 2. The molecule has 0 unspecified atom stereocenters. The van der Waals surface area contributed by atoms with Crippen molar-refractivity contribution in [3.05, 3.63) is 40.4 Å². The summed E-state index contributed by atoms with van der Waals surface area (Å²) >= 11 is 13.6. The van der Waals surface area contributed by atoms with Crippen molar-refractivity contribution >= 4 is 35.0 Å². The monoisotopic (exact) mass is 300 g/mol. The molecule has 0 saturated carbocycles. The lowest BCUT2D eigenvalue weighted by Crippen LogP contribution is -1.93. The van der Waals surface area contributed by atoms with Crippen molar-refractivity contribution in [1.82, 2.24) is 9.97 Å². The van der Waals surface area contributed by atoms with Crippen molar-refractivity contribution in [1.29, 1.82) is 0 Å². The number of hydrogen-bond acceptors (Lipinski definition) is 4. The van der Waals surface area contributed by atoms with Crippen LogP contribution in [0.15, 0.2) is 34.1 Å². The summed E-state index contributed by atoms with van der Waals surface area (Å²) in [5.74, 6) is 1.31. The second-order valence-corrected chi connectivity index (χ2v) is 5.20. The number of aromatic nitrogens is 2. The number of halogens is 2. The maximum absolute atomic E-state index is 6.08. The molecule has 2 aromatic rings. The van der Waals surface area contributed by atoms with Gasteiger partial charge in [0.25, 0.3) is 0 Å². The van der Waals surface area contributed by atoms with Crippen molar-refractivity contribution in [3.63, 3.8) is 0 Å². The number of rotatable bonds is 3. The number of hydrogen-bond donors (Lipinski definition) is 0. The molecule has 0 amide bonds. The van der Waals surface area contributed by atoms with E-state index >= 15 is 0 Å². The predicted molar refractivity (Wildman–Crippen MR) is 73.9 cm³/mol. The lowest BCUT2D eigenvalue weighted by molar-refractivity contribution is 0.405. The summed E-state index contributed by atoms with van der Waals surface area (Å²) in [6.45, 7) is 1.75. The van der Waals surface area contributed by atoms with Crippen LogP contribution in [0.2, 0.25) is 10.3 Å². The highest BCUT2D eigenvalue weighted by molar-refractivity contribution is 7.99. The SMILES string of the molecule is COc1ccccc1Sc1c(Cl)nc(C)nc1Cl. The molecule has 0 aliphatic carbocycles. The van der Waals surface area contributed by atoms with Crippen molar-refractivity contribution < 1.29 is 4.74 Å². The van der Waals surface area contributed by atoms with Crippen LogP contribution >= 0.6 is 35.0 Å². The Morgan fingerprint density at radius 1 is 1.11 bits per heavy atom. The summed E-state index contributed by atoms with van der Waals surface area (Å²) in [6, 6.07) is 7.62. The zero-order chi connectivity index (χ0) is 13.1. The van der Waals surface area contributed by atoms with Crippen molar-refractivity contribution in [2.75, 3.05) is 7.11 Å². The topological polar surface area (TPSA) is 35.0 Å². The van der Waals surface area contributed by atoms with Gasteiger partial charge in [0.15, 0.2) is 0 Å². The molecule has 0 spiro atoms. The Bertz CT molecular complexity index is 555. The molecule has 0 atom stereocenters. The Labute approximate surface area is 120 Å². The minimum Gasteiger partial charge on any atom is -0.496 e.